The molecule has 0 aromatic carbocycles. The predicted molar refractivity (Wildman–Crippen MR) is 77.7 cm³/mol. The fourth-order valence-corrected chi connectivity index (χ4v) is 3.16. The smallest absolute Gasteiger partial charge is 0.134 e. The van der Waals surface area contributed by atoms with Gasteiger partial charge in [-0.05, 0) is 26.3 Å². The van der Waals surface area contributed by atoms with E-state index in [0.29, 0.717) is 5.41 Å². The number of nitrogens with one attached hydrogen (secondary N) is 1. The summed E-state index contributed by atoms with van der Waals surface area (Å²) in [6.45, 7) is 7.68. The molecule has 0 radical (unpaired) electrons. The molecule has 104 valence electrons. The Morgan fingerprint density at radius 2 is 2.32 bits per heavy atom. The van der Waals surface area contributed by atoms with Crippen molar-refractivity contribution in [1.29, 1.82) is 0 Å². The molecular formula is C14H23N5. The highest BCUT2D eigenvalue weighted by atomic mass is 15.2. The van der Waals surface area contributed by atoms with Crippen LogP contribution in [0.2, 0.25) is 0 Å². The Hall–Kier alpha value is -1.36. The lowest BCUT2D eigenvalue weighted by molar-refractivity contribution is 0.369. The van der Waals surface area contributed by atoms with Crippen molar-refractivity contribution in [2.75, 3.05) is 49.6 Å². The van der Waals surface area contributed by atoms with Gasteiger partial charge >= 0.3 is 0 Å². The molecule has 2 fully saturated rings. The second kappa shape index (κ2) is 4.96. The molecule has 1 aromatic rings. The molecule has 3 rings (SSSR count). The fraction of sp³-hybridized carbons (Fsp3) is 0.714. The second-order valence-electron chi connectivity index (χ2n) is 5.85. The van der Waals surface area contributed by atoms with Crippen LogP contribution < -0.4 is 15.1 Å². The molecule has 1 spiro atoms. The predicted octanol–water partition coefficient (Wildman–Crippen LogP) is 1.12. The first kappa shape index (κ1) is 12.7. The Morgan fingerprint density at radius 3 is 3.05 bits per heavy atom. The van der Waals surface area contributed by atoms with Crippen molar-refractivity contribution in [3.63, 3.8) is 0 Å². The van der Waals surface area contributed by atoms with E-state index in [2.05, 4.69) is 45.1 Å². The summed E-state index contributed by atoms with van der Waals surface area (Å²) >= 11 is 0. The molecule has 1 atom stereocenters. The Labute approximate surface area is 115 Å². The number of nitrogens with zero attached hydrogens (tertiary/aromatic N) is 4. The molecule has 0 aliphatic carbocycles. The van der Waals surface area contributed by atoms with Crippen LogP contribution in [0.3, 0.4) is 0 Å². The summed E-state index contributed by atoms with van der Waals surface area (Å²) in [7, 11) is 2.07. The highest BCUT2D eigenvalue weighted by molar-refractivity contribution is 5.50. The van der Waals surface area contributed by atoms with Crippen LogP contribution in [0.25, 0.3) is 0 Å². The van der Waals surface area contributed by atoms with E-state index in [1.165, 1.54) is 19.4 Å². The number of rotatable bonds is 3. The maximum atomic E-state index is 4.46. The summed E-state index contributed by atoms with van der Waals surface area (Å²) < 4.78 is 0. The minimum Gasteiger partial charge on any atom is -0.360 e. The Bertz CT molecular complexity index is 441. The quantitative estimate of drug-likeness (QED) is 0.883. The van der Waals surface area contributed by atoms with Gasteiger partial charge in [-0.15, -0.1) is 0 Å². The lowest BCUT2D eigenvalue weighted by atomic mass is 9.87. The molecule has 5 heteroatoms. The van der Waals surface area contributed by atoms with Crippen molar-refractivity contribution in [2.24, 2.45) is 5.41 Å². The van der Waals surface area contributed by atoms with Gasteiger partial charge in [0.05, 0.1) is 0 Å². The van der Waals surface area contributed by atoms with E-state index in [1.54, 1.807) is 6.33 Å². The maximum absolute atomic E-state index is 4.46. The van der Waals surface area contributed by atoms with E-state index in [1.807, 2.05) is 0 Å². The molecule has 0 saturated carbocycles. The van der Waals surface area contributed by atoms with E-state index in [-0.39, 0.29) is 0 Å². The average Bonchev–Trinajstić information content (AvgIpc) is 3.09. The number of anilines is 2. The zero-order valence-corrected chi connectivity index (χ0v) is 11.9. The van der Waals surface area contributed by atoms with E-state index in [9.17, 15) is 0 Å². The fourth-order valence-electron chi connectivity index (χ4n) is 3.16. The van der Waals surface area contributed by atoms with Gasteiger partial charge in [0.25, 0.3) is 0 Å². The van der Waals surface area contributed by atoms with Gasteiger partial charge in [-0.25, -0.2) is 9.97 Å². The van der Waals surface area contributed by atoms with Crippen LogP contribution in [0.1, 0.15) is 19.8 Å². The van der Waals surface area contributed by atoms with Gasteiger partial charge < -0.3 is 15.1 Å². The van der Waals surface area contributed by atoms with Gasteiger partial charge in [-0.3, -0.25) is 0 Å². The Kier molecular flexibility index (Phi) is 3.31. The van der Waals surface area contributed by atoms with Crippen LogP contribution in [0.15, 0.2) is 12.4 Å². The van der Waals surface area contributed by atoms with Crippen LogP contribution in [0.4, 0.5) is 11.6 Å². The largest absolute Gasteiger partial charge is 0.360 e. The SMILES string of the molecule is CCN(C)c1cc(N2CCC3(CCNC3)C2)ncn1. The summed E-state index contributed by atoms with van der Waals surface area (Å²) in [6.07, 6.45) is 4.27. The Balaban J connectivity index is 1.76. The molecule has 1 unspecified atom stereocenters. The molecule has 19 heavy (non-hydrogen) atoms. The molecule has 1 aromatic heterocycles. The zero-order chi connectivity index (χ0) is 13.3. The first-order valence-corrected chi connectivity index (χ1v) is 7.21. The van der Waals surface area contributed by atoms with Gasteiger partial charge in [-0.1, -0.05) is 0 Å². The topological polar surface area (TPSA) is 44.3 Å². The van der Waals surface area contributed by atoms with Crippen LogP contribution >= 0.6 is 0 Å². The number of hydrogen-bond donors (Lipinski definition) is 1. The lowest BCUT2D eigenvalue weighted by Gasteiger charge is -2.24. The first-order chi connectivity index (χ1) is 9.22. The van der Waals surface area contributed by atoms with E-state index in [0.717, 1.165) is 37.8 Å². The van der Waals surface area contributed by atoms with Gasteiger partial charge in [0.1, 0.15) is 18.0 Å². The van der Waals surface area contributed by atoms with Crippen LogP contribution in [-0.2, 0) is 0 Å². The monoisotopic (exact) mass is 261 g/mol. The summed E-state index contributed by atoms with van der Waals surface area (Å²) in [5.74, 6) is 2.09. The summed E-state index contributed by atoms with van der Waals surface area (Å²) in [5.41, 5.74) is 0.488. The summed E-state index contributed by atoms with van der Waals surface area (Å²) in [4.78, 5) is 13.4. The molecule has 2 saturated heterocycles. The third kappa shape index (κ3) is 2.39. The first-order valence-electron chi connectivity index (χ1n) is 7.21. The van der Waals surface area contributed by atoms with Crippen molar-refractivity contribution in [1.82, 2.24) is 15.3 Å². The maximum Gasteiger partial charge on any atom is 0.134 e. The van der Waals surface area contributed by atoms with Crippen molar-refractivity contribution < 1.29 is 0 Å². The highest BCUT2D eigenvalue weighted by Crippen LogP contribution is 2.37. The normalized spacial score (nSPS) is 26.3. The zero-order valence-electron chi connectivity index (χ0n) is 11.9. The average molecular weight is 261 g/mol. The second-order valence-corrected chi connectivity index (χ2v) is 5.85. The Morgan fingerprint density at radius 1 is 1.42 bits per heavy atom. The van der Waals surface area contributed by atoms with Crippen LogP contribution in [0, 0.1) is 5.41 Å². The number of hydrogen-bond acceptors (Lipinski definition) is 5. The van der Waals surface area contributed by atoms with E-state index in [4.69, 9.17) is 0 Å². The molecule has 0 amide bonds. The van der Waals surface area contributed by atoms with Crippen molar-refractivity contribution in [3.8, 4) is 0 Å². The van der Waals surface area contributed by atoms with Crippen molar-refractivity contribution in [2.45, 2.75) is 19.8 Å². The van der Waals surface area contributed by atoms with Gasteiger partial charge in [0, 0.05) is 44.7 Å². The number of aromatic nitrogens is 2. The molecule has 2 aliphatic rings. The molecular weight excluding hydrogens is 238 g/mol. The van der Waals surface area contributed by atoms with Crippen LogP contribution in [0.5, 0.6) is 0 Å². The molecule has 2 aliphatic heterocycles. The van der Waals surface area contributed by atoms with Crippen molar-refractivity contribution in [3.05, 3.63) is 12.4 Å². The third-order valence-corrected chi connectivity index (χ3v) is 4.60. The minimum atomic E-state index is 0.488. The van der Waals surface area contributed by atoms with Crippen LogP contribution in [-0.4, -0.2) is 49.7 Å². The summed E-state index contributed by atoms with van der Waals surface area (Å²) in [5, 5.41) is 3.50. The van der Waals surface area contributed by atoms with E-state index >= 15 is 0 Å². The van der Waals surface area contributed by atoms with Crippen molar-refractivity contribution >= 4 is 11.6 Å². The molecule has 3 heterocycles. The van der Waals surface area contributed by atoms with E-state index < -0.39 is 0 Å². The molecule has 0 bridgehead atoms. The molecule has 1 N–H and O–H groups in total. The minimum absolute atomic E-state index is 0.488. The lowest BCUT2D eigenvalue weighted by Crippen LogP contribution is -2.29. The standard InChI is InChI=1S/C14H23N5/c1-3-18(2)12-8-13(17-11-16-12)19-7-5-14(10-19)4-6-15-9-14/h8,11,15H,3-7,9-10H2,1-2H3. The van der Waals surface area contributed by atoms with Gasteiger partial charge in [-0.2, -0.15) is 0 Å². The third-order valence-electron chi connectivity index (χ3n) is 4.60. The highest BCUT2D eigenvalue weighted by Gasteiger charge is 2.40. The molecule has 5 nitrogen and oxygen atoms in total. The summed E-state index contributed by atoms with van der Waals surface area (Å²) in [6, 6.07) is 2.12. The van der Waals surface area contributed by atoms with Gasteiger partial charge in [0.2, 0.25) is 0 Å². The van der Waals surface area contributed by atoms with Gasteiger partial charge in [0.15, 0.2) is 0 Å².